The van der Waals surface area contributed by atoms with Crippen molar-refractivity contribution in [2.45, 2.75) is 6.54 Å². The summed E-state index contributed by atoms with van der Waals surface area (Å²) < 4.78 is 0. The monoisotopic (exact) mass is 308 g/mol. The van der Waals surface area contributed by atoms with Crippen molar-refractivity contribution in [2.24, 2.45) is 0 Å². The largest absolute Gasteiger partial charge is 0.380 e. The highest BCUT2D eigenvalue weighted by molar-refractivity contribution is 6.33. The molecule has 0 aliphatic heterocycles. The van der Waals surface area contributed by atoms with E-state index in [2.05, 4.69) is 10.6 Å². The molecule has 5 heteroatoms. The zero-order valence-corrected chi connectivity index (χ0v) is 12.4. The predicted octanol–water partition coefficient (Wildman–Crippen LogP) is 3.97. The van der Waals surface area contributed by atoms with E-state index >= 15 is 0 Å². The summed E-state index contributed by atoms with van der Waals surface area (Å²) >= 11 is 12.1. The van der Waals surface area contributed by atoms with Gasteiger partial charge in [0.15, 0.2) is 0 Å². The third-order valence-electron chi connectivity index (χ3n) is 2.83. The molecule has 0 heterocycles. The number of rotatable bonds is 4. The summed E-state index contributed by atoms with van der Waals surface area (Å²) in [6, 6.07) is 12.7. The van der Waals surface area contributed by atoms with Gasteiger partial charge in [-0.05, 0) is 35.9 Å². The van der Waals surface area contributed by atoms with Crippen molar-refractivity contribution < 1.29 is 4.79 Å². The van der Waals surface area contributed by atoms with Crippen LogP contribution in [0.5, 0.6) is 0 Å². The normalized spacial score (nSPS) is 10.2. The topological polar surface area (TPSA) is 41.1 Å². The molecule has 3 nitrogen and oxygen atoms in total. The Kier molecular flexibility index (Phi) is 4.88. The molecule has 1 amide bonds. The van der Waals surface area contributed by atoms with Gasteiger partial charge in [0, 0.05) is 24.2 Å². The molecule has 0 fully saturated rings. The highest BCUT2D eigenvalue weighted by Gasteiger charge is 2.07. The van der Waals surface area contributed by atoms with Gasteiger partial charge in [-0.15, -0.1) is 0 Å². The molecule has 0 atom stereocenters. The Morgan fingerprint density at radius 2 is 1.95 bits per heavy atom. The molecule has 2 rings (SSSR count). The molecule has 2 N–H and O–H groups in total. The Hall–Kier alpha value is -1.71. The summed E-state index contributed by atoms with van der Waals surface area (Å²) in [6.07, 6.45) is 0. The fourth-order valence-corrected chi connectivity index (χ4v) is 2.19. The highest BCUT2D eigenvalue weighted by atomic mass is 35.5. The number of hydrogen-bond donors (Lipinski definition) is 2. The zero-order valence-electron chi connectivity index (χ0n) is 10.9. The fraction of sp³-hybridized carbons (Fsp3) is 0.133. The molecule has 0 bridgehead atoms. The van der Waals surface area contributed by atoms with Crippen LogP contribution in [0, 0.1) is 0 Å². The molecule has 2 aromatic carbocycles. The van der Waals surface area contributed by atoms with Crippen molar-refractivity contribution in [3.8, 4) is 0 Å². The van der Waals surface area contributed by atoms with Crippen LogP contribution in [0.2, 0.25) is 10.0 Å². The Bertz CT molecular complexity index is 629. The molecule has 20 heavy (non-hydrogen) atoms. The summed E-state index contributed by atoms with van der Waals surface area (Å²) in [7, 11) is 1.59. The van der Waals surface area contributed by atoms with Crippen LogP contribution in [0.15, 0.2) is 42.5 Å². The lowest BCUT2D eigenvalue weighted by Gasteiger charge is -2.10. The quantitative estimate of drug-likeness (QED) is 0.897. The first-order valence-electron chi connectivity index (χ1n) is 6.10. The first-order valence-corrected chi connectivity index (χ1v) is 6.85. The number of nitrogens with one attached hydrogen (secondary N) is 2. The summed E-state index contributed by atoms with van der Waals surface area (Å²) in [5.41, 5.74) is 2.32. The average molecular weight is 309 g/mol. The minimum Gasteiger partial charge on any atom is -0.380 e. The van der Waals surface area contributed by atoms with Crippen LogP contribution in [0.4, 0.5) is 5.69 Å². The van der Waals surface area contributed by atoms with E-state index in [1.807, 2.05) is 24.3 Å². The lowest BCUT2D eigenvalue weighted by molar-refractivity contribution is 0.0963. The summed E-state index contributed by atoms with van der Waals surface area (Å²) in [6.45, 7) is 0.581. The van der Waals surface area contributed by atoms with Gasteiger partial charge < -0.3 is 10.6 Å². The smallest absolute Gasteiger partial charge is 0.251 e. The second-order valence-electron chi connectivity index (χ2n) is 4.26. The van der Waals surface area contributed by atoms with Gasteiger partial charge in [-0.1, -0.05) is 35.3 Å². The minimum atomic E-state index is -0.146. The van der Waals surface area contributed by atoms with E-state index in [0.29, 0.717) is 27.8 Å². The standard InChI is InChI=1S/C15H14Cl2N2O/c1-18-15(20)11-5-6-13(17)14(8-11)19-9-10-3-2-4-12(16)7-10/h2-8,19H,9H2,1H3,(H,18,20). The maximum Gasteiger partial charge on any atom is 0.251 e. The molecule has 2 aromatic rings. The minimum absolute atomic E-state index is 0.146. The van der Waals surface area contributed by atoms with Gasteiger partial charge in [0.05, 0.1) is 10.7 Å². The van der Waals surface area contributed by atoms with Gasteiger partial charge in [0.1, 0.15) is 0 Å². The van der Waals surface area contributed by atoms with E-state index in [1.54, 1.807) is 25.2 Å². The number of anilines is 1. The van der Waals surface area contributed by atoms with Crippen molar-refractivity contribution >= 4 is 34.8 Å². The number of amides is 1. The van der Waals surface area contributed by atoms with Crippen LogP contribution < -0.4 is 10.6 Å². The molecule has 0 radical (unpaired) electrons. The van der Waals surface area contributed by atoms with Crippen LogP contribution in [-0.4, -0.2) is 13.0 Å². The number of hydrogen-bond acceptors (Lipinski definition) is 2. The third-order valence-corrected chi connectivity index (χ3v) is 3.39. The Morgan fingerprint density at radius 1 is 1.15 bits per heavy atom. The molecular formula is C15H14Cl2N2O. The van der Waals surface area contributed by atoms with Gasteiger partial charge >= 0.3 is 0 Å². The number of carbonyl (C=O) groups is 1. The predicted molar refractivity (Wildman–Crippen MR) is 83.6 cm³/mol. The van der Waals surface area contributed by atoms with Crippen LogP contribution in [-0.2, 0) is 6.54 Å². The fourth-order valence-electron chi connectivity index (χ4n) is 1.79. The number of carbonyl (C=O) groups excluding carboxylic acids is 1. The van der Waals surface area contributed by atoms with Gasteiger partial charge in [-0.25, -0.2) is 0 Å². The molecule has 0 aromatic heterocycles. The first-order chi connectivity index (χ1) is 9.60. The van der Waals surface area contributed by atoms with Crippen molar-refractivity contribution in [3.63, 3.8) is 0 Å². The second-order valence-corrected chi connectivity index (χ2v) is 5.10. The maximum atomic E-state index is 11.6. The molecule has 0 aliphatic rings. The molecule has 0 spiro atoms. The average Bonchev–Trinajstić information content (AvgIpc) is 2.45. The lowest BCUT2D eigenvalue weighted by Crippen LogP contribution is -2.17. The molecule has 104 valence electrons. The number of benzene rings is 2. The second kappa shape index (κ2) is 6.64. The highest BCUT2D eigenvalue weighted by Crippen LogP contribution is 2.24. The third kappa shape index (κ3) is 3.65. The maximum absolute atomic E-state index is 11.6. The Morgan fingerprint density at radius 3 is 2.65 bits per heavy atom. The number of halogens is 2. The van der Waals surface area contributed by atoms with Crippen molar-refractivity contribution in [2.75, 3.05) is 12.4 Å². The Labute approximate surface area is 127 Å². The first kappa shape index (κ1) is 14.7. The van der Waals surface area contributed by atoms with E-state index in [0.717, 1.165) is 5.56 Å². The van der Waals surface area contributed by atoms with Gasteiger partial charge in [-0.3, -0.25) is 4.79 Å². The van der Waals surface area contributed by atoms with E-state index in [-0.39, 0.29) is 5.91 Å². The van der Waals surface area contributed by atoms with Crippen LogP contribution in [0.1, 0.15) is 15.9 Å². The van der Waals surface area contributed by atoms with Crippen LogP contribution in [0.25, 0.3) is 0 Å². The van der Waals surface area contributed by atoms with E-state index in [4.69, 9.17) is 23.2 Å². The van der Waals surface area contributed by atoms with Crippen molar-refractivity contribution in [1.29, 1.82) is 0 Å². The van der Waals surface area contributed by atoms with E-state index in [9.17, 15) is 4.79 Å². The van der Waals surface area contributed by atoms with Gasteiger partial charge in [0.2, 0.25) is 0 Å². The van der Waals surface area contributed by atoms with Crippen molar-refractivity contribution in [3.05, 3.63) is 63.6 Å². The summed E-state index contributed by atoms with van der Waals surface area (Å²) in [5, 5.41) is 7.05. The summed E-state index contributed by atoms with van der Waals surface area (Å²) in [5.74, 6) is -0.146. The van der Waals surface area contributed by atoms with Gasteiger partial charge in [-0.2, -0.15) is 0 Å². The Balaban J connectivity index is 2.14. The molecule has 0 saturated heterocycles. The van der Waals surface area contributed by atoms with E-state index in [1.165, 1.54) is 0 Å². The SMILES string of the molecule is CNC(=O)c1ccc(Cl)c(NCc2cccc(Cl)c2)c1. The van der Waals surface area contributed by atoms with Crippen molar-refractivity contribution in [1.82, 2.24) is 5.32 Å². The summed E-state index contributed by atoms with van der Waals surface area (Å²) in [4.78, 5) is 11.6. The van der Waals surface area contributed by atoms with Crippen LogP contribution >= 0.6 is 23.2 Å². The molecule has 0 unspecified atom stereocenters. The molecular weight excluding hydrogens is 295 g/mol. The van der Waals surface area contributed by atoms with Gasteiger partial charge in [0.25, 0.3) is 5.91 Å². The lowest BCUT2D eigenvalue weighted by atomic mass is 10.1. The molecule has 0 aliphatic carbocycles. The van der Waals surface area contributed by atoms with E-state index < -0.39 is 0 Å². The van der Waals surface area contributed by atoms with Crippen LogP contribution in [0.3, 0.4) is 0 Å². The molecule has 0 saturated carbocycles. The zero-order chi connectivity index (χ0) is 14.5.